The number of carbonyl (C=O) groups is 1. The summed E-state index contributed by atoms with van der Waals surface area (Å²) < 4.78 is 4.85. The van der Waals surface area contributed by atoms with Gasteiger partial charge in [-0.2, -0.15) is 0 Å². The zero-order valence-corrected chi connectivity index (χ0v) is 19.4. The summed E-state index contributed by atoms with van der Waals surface area (Å²) in [5.41, 5.74) is -7.42. The molecular formula is C26H14BNO10. The molecule has 0 saturated heterocycles. The molecule has 1 heterocycles. The van der Waals surface area contributed by atoms with Crippen LogP contribution in [0.25, 0.3) is 22.3 Å². The van der Waals surface area contributed by atoms with E-state index in [1.807, 2.05) is 0 Å². The lowest BCUT2D eigenvalue weighted by Gasteiger charge is -2.27. The van der Waals surface area contributed by atoms with Gasteiger partial charge in [0.25, 0.3) is 5.56 Å². The van der Waals surface area contributed by atoms with Crippen molar-refractivity contribution in [1.29, 1.82) is 0 Å². The molecule has 1 atom stereocenters. The highest BCUT2D eigenvalue weighted by molar-refractivity contribution is 6.40. The molecule has 6 rings (SSSR count). The Balaban J connectivity index is 1.87. The second-order valence-electron chi connectivity index (χ2n) is 9.24. The van der Waals surface area contributed by atoms with E-state index >= 15 is 0 Å². The van der Waals surface area contributed by atoms with Gasteiger partial charge in [-0.05, 0) is 29.9 Å². The third-order valence-corrected chi connectivity index (χ3v) is 7.62. The molecule has 2 aromatic rings. The Morgan fingerprint density at radius 1 is 0.947 bits per heavy atom. The average molecular weight is 511 g/mol. The quantitative estimate of drug-likeness (QED) is 0.161. The van der Waals surface area contributed by atoms with E-state index in [-0.39, 0.29) is 45.9 Å². The van der Waals surface area contributed by atoms with Crippen LogP contribution in [0.1, 0.15) is 28.0 Å². The van der Waals surface area contributed by atoms with Crippen LogP contribution in [0.4, 0.5) is 0 Å². The number of aromatic nitrogens is 1. The zero-order valence-electron chi connectivity index (χ0n) is 19.4. The van der Waals surface area contributed by atoms with Gasteiger partial charge in [0.1, 0.15) is 30.5 Å². The summed E-state index contributed by atoms with van der Waals surface area (Å²) in [6.07, 6.45) is 0.220. The number of fused-ring (bicyclic) bond motifs is 4. The first-order chi connectivity index (χ1) is 18.0. The van der Waals surface area contributed by atoms with E-state index in [0.29, 0.717) is 6.29 Å². The molecule has 2 radical (unpaired) electrons. The highest BCUT2D eigenvalue weighted by Crippen LogP contribution is 2.53. The molecule has 1 aromatic heterocycles. The molecule has 186 valence electrons. The summed E-state index contributed by atoms with van der Waals surface area (Å²) in [5.74, 6) is -2.83. The lowest BCUT2D eigenvalue weighted by molar-refractivity contribution is 0.111. The van der Waals surface area contributed by atoms with Gasteiger partial charge in [0, 0.05) is 11.6 Å². The minimum Gasteiger partial charge on any atom is -0.510 e. The van der Waals surface area contributed by atoms with E-state index in [1.54, 1.807) is 0 Å². The Kier molecular flexibility index (Phi) is 4.48. The summed E-state index contributed by atoms with van der Waals surface area (Å²) in [6.45, 7) is 0. The van der Waals surface area contributed by atoms with Gasteiger partial charge < -0.3 is 25.0 Å². The van der Waals surface area contributed by atoms with Crippen LogP contribution in [0.3, 0.4) is 0 Å². The van der Waals surface area contributed by atoms with Crippen LogP contribution in [-0.4, -0.2) is 41.5 Å². The van der Waals surface area contributed by atoms with Gasteiger partial charge in [0.2, 0.25) is 16.3 Å². The number of phenolic OH excluding ortho intramolecular Hbond substituents is 1. The molecule has 1 aromatic carbocycles. The summed E-state index contributed by atoms with van der Waals surface area (Å²) in [7, 11) is 7.41. The minimum atomic E-state index is -2.06. The molecule has 0 aliphatic heterocycles. The molecule has 0 fully saturated rings. The smallest absolute Gasteiger partial charge is 0.260 e. The van der Waals surface area contributed by atoms with Crippen LogP contribution in [0.5, 0.6) is 11.5 Å². The number of carbonyl (C=O) groups excluding carboxylic acids is 1. The Morgan fingerprint density at radius 2 is 1.58 bits per heavy atom. The van der Waals surface area contributed by atoms with E-state index in [9.17, 15) is 44.1 Å². The fraction of sp³-hybridized carbons (Fsp3) is 0.154. The number of H-pyrrole nitrogens is 1. The highest BCUT2D eigenvalue weighted by atomic mass is 16.5. The molecule has 1 unspecified atom stereocenters. The van der Waals surface area contributed by atoms with Gasteiger partial charge in [-0.1, -0.05) is 5.46 Å². The van der Waals surface area contributed by atoms with Crippen LogP contribution >= 0.6 is 0 Å². The average Bonchev–Trinajstić information content (AvgIpc) is 3.40. The van der Waals surface area contributed by atoms with Crippen LogP contribution < -0.4 is 47.9 Å². The molecule has 0 bridgehead atoms. The predicted octanol–water partition coefficient (Wildman–Crippen LogP) is -2.88. The summed E-state index contributed by atoms with van der Waals surface area (Å²) >= 11 is 0. The maximum atomic E-state index is 13.5. The first-order valence-electron chi connectivity index (χ1n) is 11.2. The molecule has 11 nitrogen and oxygen atoms in total. The number of ether oxygens (including phenoxy) is 1. The molecule has 1 spiro atoms. The Bertz CT molecular complexity index is 2300. The number of hydrogen-bond acceptors (Lipinski definition) is 10. The Labute approximate surface area is 210 Å². The number of aliphatic hydroxyl groups excluding tert-OH is 2. The number of aldehydes is 1. The van der Waals surface area contributed by atoms with Gasteiger partial charge in [-0.25, -0.2) is 0 Å². The monoisotopic (exact) mass is 511 g/mol. The van der Waals surface area contributed by atoms with Crippen molar-refractivity contribution in [3.05, 3.63) is 101 Å². The largest absolute Gasteiger partial charge is 0.510 e. The van der Waals surface area contributed by atoms with Gasteiger partial charge in [-0.3, -0.25) is 28.8 Å². The summed E-state index contributed by atoms with van der Waals surface area (Å²) in [4.78, 5) is 78.7. The number of aliphatic hydroxyl groups is 2. The van der Waals surface area contributed by atoms with Crippen LogP contribution in [0, 0.1) is 10.4 Å². The van der Waals surface area contributed by atoms with Gasteiger partial charge in [0.15, 0.2) is 17.5 Å². The second kappa shape index (κ2) is 7.28. The number of aromatic amines is 1. The molecule has 0 saturated carbocycles. The highest BCUT2D eigenvalue weighted by Gasteiger charge is 2.53. The van der Waals surface area contributed by atoms with Crippen LogP contribution in [0.2, 0.25) is 0 Å². The molecule has 4 aliphatic carbocycles. The first kappa shape index (κ1) is 23.4. The van der Waals surface area contributed by atoms with Crippen molar-refractivity contribution >= 4 is 41.9 Å². The van der Waals surface area contributed by atoms with E-state index in [2.05, 4.69) is 4.98 Å². The maximum Gasteiger partial charge on any atom is 0.260 e. The molecule has 0 amide bonds. The standard InChI is InChI=1S/C26H14BNO10/c1-38-11-5-10(30)13-14(19(11)31)21(33)16-15(20(13)32)23(35)26(24(16)36)3-2-8-17(26)22(34)12-9(18(8)27)4-7(6-29)28-25(12)37/h4-6,34-36H,2-3H2,1H3,(H,28,37). The Hall–Kier alpha value is -5.00. The Morgan fingerprint density at radius 3 is 2.18 bits per heavy atom. The molecule has 4 aliphatic rings. The topological polar surface area (TPSA) is 188 Å². The number of hydrogen-bond donors (Lipinski definition) is 4. The van der Waals surface area contributed by atoms with Crippen molar-refractivity contribution in [3.63, 3.8) is 0 Å². The van der Waals surface area contributed by atoms with Gasteiger partial charge in [-0.15, -0.1) is 0 Å². The molecule has 4 N–H and O–H groups in total. The van der Waals surface area contributed by atoms with Crippen molar-refractivity contribution < 1.29 is 24.9 Å². The second-order valence-corrected chi connectivity index (χ2v) is 9.24. The fourth-order valence-corrected chi connectivity index (χ4v) is 5.96. The van der Waals surface area contributed by atoms with Crippen molar-refractivity contribution in [3.8, 4) is 11.5 Å². The van der Waals surface area contributed by atoms with Crippen molar-refractivity contribution in [2.45, 2.75) is 18.3 Å². The van der Waals surface area contributed by atoms with E-state index in [1.165, 1.54) is 6.07 Å². The van der Waals surface area contributed by atoms with Gasteiger partial charge in [0.05, 0.1) is 39.1 Å². The number of aromatic hydroxyl groups is 1. The zero-order chi connectivity index (χ0) is 27.4. The molecule has 12 heteroatoms. The lowest BCUT2D eigenvalue weighted by atomic mass is 9.75. The third-order valence-electron chi connectivity index (χ3n) is 7.62. The van der Waals surface area contributed by atoms with Crippen LogP contribution in [0.15, 0.2) is 36.1 Å². The predicted molar refractivity (Wildman–Crippen MR) is 134 cm³/mol. The van der Waals surface area contributed by atoms with E-state index < -0.39 is 76.6 Å². The van der Waals surface area contributed by atoms with Gasteiger partial charge >= 0.3 is 0 Å². The first-order valence-corrected chi connectivity index (χ1v) is 11.2. The maximum absolute atomic E-state index is 13.5. The van der Waals surface area contributed by atoms with Crippen LogP contribution in [-0.2, 0) is 11.8 Å². The lowest BCUT2D eigenvalue weighted by Crippen LogP contribution is -2.51. The summed E-state index contributed by atoms with van der Waals surface area (Å²) in [6, 6.07) is 2.02. The molecule has 38 heavy (non-hydrogen) atoms. The van der Waals surface area contributed by atoms with Crippen molar-refractivity contribution in [2.75, 3.05) is 7.11 Å². The third kappa shape index (κ3) is 2.44. The van der Waals surface area contributed by atoms with Crippen molar-refractivity contribution in [2.24, 2.45) is 0 Å². The number of benzene rings is 1. The normalized spacial score (nSPS) is 17.9. The number of pyridine rings is 1. The number of methoxy groups -OCH3 is 1. The number of rotatable bonds is 2. The number of nitrogens with one attached hydrogen (secondary N) is 1. The minimum absolute atomic E-state index is 0.0151. The summed E-state index contributed by atoms with van der Waals surface area (Å²) in [5, 5.41) is 30.9. The number of phenols is 1. The molecular weight excluding hydrogens is 497 g/mol. The van der Waals surface area contributed by atoms with Crippen molar-refractivity contribution in [1.82, 2.24) is 4.98 Å². The SMILES string of the molecule is [B]c1c2c(c(O)c3c(=O)[nH]c(C=O)cc13)C1(CC2)C(O)=c2c(=O)c3c(=O)cc(OC)c(=O)c=3c(=O)c2=C1O. The van der Waals surface area contributed by atoms with E-state index in [4.69, 9.17) is 12.6 Å². The fourth-order valence-electron chi connectivity index (χ4n) is 5.96. The van der Waals surface area contributed by atoms with E-state index in [0.717, 1.165) is 13.2 Å².